The number of quaternary nitrogens is 1. The number of rotatable bonds is 5. The third-order valence-corrected chi connectivity index (χ3v) is 4.14. The zero-order valence-corrected chi connectivity index (χ0v) is 13.9. The number of allylic oxidation sites excluding steroid dienone is 1. The van der Waals surface area contributed by atoms with Crippen molar-refractivity contribution in [2.24, 2.45) is 9.98 Å². The number of benzene rings is 1. The lowest BCUT2D eigenvalue weighted by molar-refractivity contribution is -0.947. The quantitative estimate of drug-likeness (QED) is 0.804. The van der Waals surface area contributed by atoms with Crippen LogP contribution in [0.3, 0.4) is 0 Å². The number of fused-ring (bicyclic) bond motifs is 1. The van der Waals surface area contributed by atoms with E-state index in [9.17, 15) is 17.2 Å². The van der Waals surface area contributed by atoms with Crippen LogP contribution in [0.1, 0.15) is 6.92 Å². The number of anilines is 1. The Morgan fingerprint density at radius 1 is 1.20 bits per heavy atom. The molecule has 0 fully saturated rings. The van der Waals surface area contributed by atoms with Crippen LogP contribution >= 0.6 is 0 Å². The first-order valence-corrected chi connectivity index (χ1v) is 8.31. The maximum Gasteiger partial charge on any atom is 0.409 e. The number of nitrogens with one attached hydrogen (secondary N) is 1. The third kappa shape index (κ3) is 3.29. The highest BCUT2D eigenvalue weighted by Gasteiger charge is 2.43. The first-order valence-electron chi connectivity index (χ1n) is 6.91. The third-order valence-electron chi connectivity index (χ3n) is 3.29. The SMILES string of the molecule is CO[N+]12C=C(C)C=NC1=NC(OS(=O)(=O)Nc1c(F)cccc1F)=C2. The number of hydrogen-bond acceptors (Lipinski definition) is 6. The highest BCUT2D eigenvalue weighted by atomic mass is 32.2. The number of halogens is 2. The lowest BCUT2D eigenvalue weighted by atomic mass is 10.3. The molecule has 2 aliphatic heterocycles. The molecule has 0 aromatic heterocycles. The van der Waals surface area contributed by atoms with Gasteiger partial charge in [-0.1, -0.05) is 10.7 Å². The van der Waals surface area contributed by atoms with Gasteiger partial charge in [-0.05, 0) is 19.1 Å². The average molecular weight is 371 g/mol. The van der Waals surface area contributed by atoms with Gasteiger partial charge in [-0.2, -0.15) is 18.2 Å². The van der Waals surface area contributed by atoms with E-state index in [-0.39, 0.29) is 11.8 Å². The topological polar surface area (TPSA) is 89.4 Å². The molecular formula is C14H13F2N4O4S+. The molecule has 0 bridgehead atoms. The van der Waals surface area contributed by atoms with Crippen LogP contribution in [0.5, 0.6) is 0 Å². The Morgan fingerprint density at radius 2 is 1.88 bits per heavy atom. The Morgan fingerprint density at radius 3 is 2.52 bits per heavy atom. The summed E-state index contributed by atoms with van der Waals surface area (Å²) in [4.78, 5) is 13.3. The van der Waals surface area contributed by atoms with E-state index < -0.39 is 32.3 Å². The average Bonchev–Trinajstić information content (AvgIpc) is 2.88. The van der Waals surface area contributed by atoms with Crippen molar-refractivity contribution in [1.82, 2.24) is 0 Å². The fourth-order valence-electron chi connectivity index (χ4n) is 2.22. The molecule has 2 heterocycles. The van der Waals surface area contributed by atoms with Crippen LogP contribution in [-0.2, 0) is 19.3 Å². The van der Waals surface area contributed by atoms with Crippen LogP contribution in [-0.4, -0.2) is 32.3 Å². The molecule has 1 unspecified atom stereocenters. The number of guanidine groups is 1. The largest absolute Gasteiger partial charge is 0.409 e. The van der Waals surface area contributed by atoms with E-state index >= 15 is 0 Å². The zero-order valence-electron chi connectivity index (χ0n) is 13.1. The summed E-state index contributed by atoms with van der Waals surface area (Å²) < 4.78 is 57.3. The summed E-state index contributed by atoms with van der Waals surface area (Å²) in [6.07, 6.45) is 4.39. The summed E-state index contributed by atoms with van der Waals surface area (Å²) in [5.41, 5.74) is -0.0939. The van der Waals surface area contributed by atoms with Crippen LogP contribution in [0.15, 0.2) is 52.0 Å². The molecule has 0 saturated heterocycles. The Bertz CT molecular complexity index is 935. The lowest BCUT2D eigenvalue weighted by Crippen LogP contribution is -2.41. The zero-order chi connectivity index (χ0) is 18.2. The minimum absolute atomic E-state index is 0.121. The monoisotopic (exact) mass is 371 g/mol. The number of hydrogen-bond donors (Lipinski definition) is 1. The molecule has 2 aliphatic rings. The molecule has 0 radical (unpaired) electrons. The van der Waals surface area contributed by atoms with Crippen LogP contribution in [0.25, 0.3) is 0 Å². The molecule has 11 heteroatoms. The van der Waals surface area contributed by atoms with Crippen molar-refractivity contribution in [1.29, 1.82) is 0 Å². The first-order chi connectivity index (χ1) is 11.7. The highest BCUT2D eigenvalue weighted by Crippen LogP contribution is 2.29. The maximum absolute atomic E-state index is 13.6. The summed E-state index contributed by atoms with van der Waals surface area (Å²) in [5.74, 6) is -2.40. The first kappa shape index (κ1) is 17.2. The molecular weight excluding hydrogens is 358 g/mol. The fourth-order valence-corrected chi connectivity index (χ4v) is 3.01. The van der Waals surface area contributed by atoms with E-state index in [1.54, 1.807) is 17.8 Å². The Hall–Kier alpha value is -2.63. The summed E-state index contributed by atoms with van der Waals surface area (Å²) >= 11 is 0. The van der Waals surface area contributed by atoms with E-state index in [1.807, 2.05) is 0 Å². The van der Waals surface area contributed by atoms with Gasteiger partial charge in [0.25, 0.3) is 5.88 Å². The molecule has 1 atom stereocenters. The van der Waals surface area contributed by atoms with Gasteiger partial charge < -0.3 is 4.18 Å². The summed E-state index contributed by atoms with van der Waals surface area (Å²) in [7, 11) is -3.22. The number of para-hydroxylation sites is 1. The Labute approximate surface area is 142 Å². The molecule has 132 valence electrons. The summed E-state index contributed by atoms with van der Waals surface area (Å²) in [6, 6.07) is 2.92. The maximum atomic E-state index is 13.6. The van der Waals surface area contributed by atoms with Crippen LogP contribution in [0, 0.1) is 11.6 Å². The van der Waals surface area contributed by atoms with Crippen molar-refractivity contribution in [3.8, 4) is 0 Å². The summed E-state index contributed by atoms with van der Waals surface area (Å²) in [6.45, 7) is 1.77. The molecule has 1 aromatic carbocycles. The summed E-state index contributed by atoms with van der Waals surface area (Å²) in [5, 5.41) is 0. The van der Waals surface area contributed by atoms with Gasteiger partial charge in [0.2, 0.25) is 6.20 Å². The molecule has 0 saturated carbocycles. The predicted molar refractivity (Wildman–Crippen MR) is 85.0 cm³/mol. The Kier molecular flexibility index (Phi) is 4.14. The van der Waals surface area contributed by atoms with Gasteiger partial charge in [-0.15, -0.1) is 4.99 Å². The normalized spacial score (nSPS) is 22.0. The lowest BCUT2D eigenvalue weighted by Gasteiger charge is -2.22. The smallest absolute Gasteiger partial charge is 0.340 e. The second-order valence-electron chi connectivity index (χ2n) is 5.14. The van der Waals surface area contributed by atoms with Crippen molar-refractivity contribution in [3.63, 3.8) is 0 Å². The second-order valence-corrected chi connectivity index (χ2v) is 6.42. The molecule has 8 nitrogen and oxygen atoms in total. The van der Waals surface area contributed by atoms with Gasteiger partial charge in [-0.3, -0.25) is 0 Å². The van der Waals surface area contributed by atoms with Gasteiger partial charge in [0.05, 0.1) is 7.11 Å². The molecule has 25 heavy (non-hydrogen) atoms. The van der Waals surface area contributed by atoms with Gasteiger partial charge in [0.1, 0.15) is 23.5 Å². The van der Waals surface area contributed by atoms with Crippen LogP contribution in [0.2, 0.25) is 0 Å². The van der Waals surface area contributed by atoms with Gasteiger partial charge in [-0.25, -0.2) is 13.5 Å². The van der Waals surface area contributed by atoms with Gasteiger partial charge >= 0.3 is 16.3 Å². The van der Waals surface area contributed by atoms with Crippen LogP contribution < -0.4 is 4.72 Å². The van der Waals surface area contributed by atoms with Crippen molar-refractivity contribution >= 4 is 28.2 Å². The van der Waals surface area contributed by atoms with Crippen molar-refractivity contribution in [3.05, 3.63) is 53.7 Å². The van der Waals surface area contributed by atoms with Gasteiger partial charge in [0.15, 0.2) is 0 Å². The number of nitrogens with zero attached hydrogens (tertiary/aromatic N) is 3. The van der Waals surface area contributed by atoms with E-state index in [4.69, 9.17) is 9.02 Å². The Balaban J connectivity index is 1.87. The molecule has 0 aliphatic carbocycles. The van der Waals surface area contributed by atoms with E-state index in [2.05, 4.69) is 9.98 Å². The number of hydroxylamine groups is 3. The molecule has 1 N–H and O–H groups in total. The molecule has 0 amide bonds. The van der Waals surface area contributed by atoms with Gasteiger partial charge in [0, 0.05) is 11.8 Å². The van der Waals surface area contributed by atoms with Crippen molar-refractivity contribution < 1.29 is 30.9 Å². The van der Waals surface area contributed by atoms with Crippen molar-refractivity contribution in [2.75, 3.05) is 11.8 Å². The molecule has 1 aromatic rings. The van der Waals surface area contributed by atoms with E-state index in [1.165, 1.54) is 19.5 Å². The fraction of sp³-hybridized carbons (Fsp3) is 0.143. The molecule has 0 spiro atoms. The minimum Gasteiger partial charge on any atom is -0.340 e. The van der Waals surface area contributed by atoms with E-state index in [0.717, 1.165) is 23.8 Å². The number of aliphatic imine (C=N–C) groups is 2. The van der Waals surface area contributed by atoms with E-state index in [0.29, 0.717) is 0 Å². The van der Waals surface area contributed by atoms with Crippen LogP contribution in [0.4, 0.5) is 14.5 Å². The standard InChI is InChI=1S/C14H13F2N4O4S/c1-9-6-17-14-18-12(8-20(14,7-9)23-2)24-25(21,22)19-13-10(15)4-3-5-11(13)16/h3-8,19H,1-2H3/q+1. The molecule has 3 rings (SSSR count). The van der Waals surface area contributed by atoms with Crippen molar-refractivity contribution in [2.45, 2.75) is 6.92 Å². The highest BCUT2D eigenvalue weighted by molar-refractivity contribution is 7.88. The predicted octanol–water partition coefficient (Wildman–Crippen LogP) is 2.17. The second kappa shape index (κ2) is 6.02. The minimum atomic E-state index is -4.60.